The summed E-state index contributed by atoms with van der Waals surface area (Å²) < 4.78 is 95.5. The van der Waals surface area contributed by atoms with Crippen molar-refractivity contribution in [1.82, 2.24) is 0 Å². The first-order valence-corrected chi connectivity index (χ1v) is 27.7. The first-order chi connectivity index (χ1) is 43.5. The first kappa shape index (κ1) is 71.2. The highest BCUT2D eigenvalue weighted by Gasteiger charge is 2.64. The highest BCUT2D eigenvalue weighted by atomic mass is 16.8. The van der Waals surface area contributed by atoms with Gasteiger partial charge >= 0.3 is 17.9 Å². The number of aromatic hydroxyl groups is 2. The van der Waals surface area contributed by atoms with Gasteiger partial charge in [0.1, 0.15) is 92.6 Å². The molecule has 4 saturated heterocycles. The Bertz CT molecular complexity index is 2950. The number of methoxy groups -OCH3 is 7. The normalized spacial score (nSPS) is 31.7. The van der Waals surface area contributed by atoms with Crippen LogP contribution in [-0.2, 0) is 61.8 Å². The predicted molar refractivity (Wildman–Crippen MR) is 301 cm³/mol. The number of aliphatic hydroxyl groups is 11. The van der Waals surface area contributed by atoms with Gasteiger partial charge in [0.25, 0.3) is 0 Å². The van der Waals surface area contributed by atoms with Crippen LogP contribution in [0.5, 0.6) is 51.7 Å². The number of hydrogen-bond acceptors (Lipinski definition) is 33. The maximum Gasteiger partial charge on any atom is 0.331 e. The molecule has 0 bridgehead atoms. The van der Waals surface area contributed by atoms with Gasteiger partial charge in [-0.2, -0.15) is 0 Å². The van der Waals surface area contributed by atoms with Crippen molar-refractivity contribution in [3.8, 4) is 51.7 Å². The standard InChI is InChI=1S/C58H74O33/c1-75-28-14-25(15-29(76-2)41(28)66)8-11-38(63)82-23-37-44(69)46(71)53(89-56-49(74)47(72)51(35(21-60)84-56)88-55-48(73)45(70)43(68)34(20-59)83-55)57(85-37)91-58(24-62)54(87-40(65)13-10-27-18-32(79-5)50(81-7)33(19-27)80-6)52(36(22-61)90-58)86-39(64)12-9-26-16-30(77-3)42(67)31(17-26)78-4/h8-19,34-37,43-49,51-57,59-62,66-74H,20-24H2,1-7H3/b11-8+,12-9+,13-10+/t34-,35-,36-,37-,43-,44-,45+,46+,47-,48-,49-,51-,52-,53-,54+,55+,56+,57-,58+/m1/s1. The third-order valence-corrected chi connectivity index (χ3v) is 14.9. The molecule has 33 heteroatoms. The monoisotopic (exact) mass is 1300 g/mol. The molecule has 13 N–H and O–H groups in total. The van der Waals surface area contributed by atoms with Crippen LogP contribution in [0, 0.1) is 0 Å². The number of aliphatic hydroxyl groups excluding tert-OH is 11. The van der Waals surface area contributed by atoms with Crippen LogP contribution in [0.15, 0.2) is 54.6 Å². The SMILES string of the molecule is COc1cc(/C=C/C(=O)OC[C@H]2O[C@H](O[C@]3(CO)O[C@H](CO)[C@@H](OC(=O)/C=C/c4cc(OC)c(O)c(OC)c4)[C@@H]3OC(=O)/C=C/c3cc(OC)c(OC)c(OC)c3)[C@H](O[C@@H]3O[C@H](CO)[C@@H](O[C@@H]4O[C@H](CO)[C@@H](O)[C@H](O)[C@H]4O)[C@H](O)[C@H]3O)[C@@H](O)[C@@H]2O)cc(OC)c1O. The molecule has 0 unspecified atom stereocenters. The fourth-order valence-electron chi connectivity index (χ4n) is 10.1. The van der Waals surface area contributed by atoms with E-state index in [4.69, 9.17) is 80.5 Å². The van der Waals surface area contributed by atoms with Crippen molar-refractivity contribution in [2.45, 2.75) is 116 Å². The fraction of sp³-hybridized carbons (Fsp3) is 0.534. The van der Waals surface area contributed by atoms with Gasteiger partial charge in [-0.05, 0) is 71.3 Å². The summed E-state index contributed by atoms with van der Waals surface area (Å²) in [6, 6.07) is 8.28. The molecule has 33 nitrogen and oxygen atoms in total. The predicted octanol–water partition coefficient (Wildman–Crippen LogP) is -3.48. The summed E-state index contributed by atoms with van der Waals surface area (Å²) in [5.74, 6) is -6.84. The lowest BCUT2D eigenvalue weighted by atomic mass is 9.96. The summed E-state index contributed by atoms with van der Waals surface area (Å²) >= 11 is 0. The van der Waals surface area contributed by atoms with Crippen molar-refractivity contribution >= 4 is 36.1 Å². The number of esters is 3. The minimum absolute atomic E-state index is 0.0207. The Balaban J connectivity index is 1.25. The van der Waals surface area contributed by atoms with E-state index < -0.39 is 167 Å². The van der Waals surface area contributed by atoms with Crippen LogP contribution in [0.3, 0.4) is 0 Å². The molecule has 504 valence electrons. The molecule has 0 aliphatic carbocycles. The first-order valence-electron chi connectivity index (χ1n) is 27.7. The third-order valence-electron chi connectivity index (χ3n) is 14.9. The summed E-state index contributed by atoms with van der Waals surface area (Å²) in [6.45, 7) is -5.44. The number of benzene rings is 3. The maximum absolute atomic E-state index is 14.2. The zero-order chi connectivity index (χ0) is 66.6. The summed E-state index contributed by atoms with van der Waals surface area (Å²) in [5, 5.41) is 142. The Morgan fingerprint density at radius 1 is 0.451 bits per heavy atom. The van der Waals surface area contributed by atoms with E-state index in [2.05, 4.69) is 0 Å². The Hall–Kier alpha value is -7.23. The van der Waals surface area contributed by atoms with Gasteiger partial charge in [0.15, 0.2) is 65.6 Å². The van der Waals surface area contributed by atoms with E-state index in [1.54, 1.807) is 0 Å². The Labute approximate surface area is 518 Å². The number of phenols is 2. The van der Waals surface area contributed by atoms with E-state index in [-0.39, 0.29) is 68.4 Å². The largest absolute Gasteiger partial charge is 0.502 e. The fourth-order valence-corrected chi connectivity index (χ4v) is 10.1. The van der Waals surface area contributed by atoms with Gasteiger partial charge in [0, 0.05) is 18.2 Å². The van der Waals surface area contributed by atoms with Crippen molar-refractivity contribution in [3.05, 3.63) is 71.3 Å². The van der Waals surface area contributed by atoms with E-state index in [1.165, 1.54) is 104 Å². The van der Waals surface area contributed by atoms with E-state index >= 15 is 0 Å². The van der Waals surface area contributed by atoms with Crippen molar-refractivity contribution in [2.75, 3.05) is 82.8 Å². The molecule has 7 rings (SSSR count). The maximum atomic E-state index is 14.2. The molecule has 0 saturated carbocycles. The number of rotatable bonds is 27. The zero-order valence-electron chi connectivity index (χ0n) is 49.8. The van der Waals surface area contributed by atoms with Crippen molar-refractivity contribution in [3.63, 3.8) is 0 Å². The van der Waals surface area contributed by atoms with Crippen LogP contribution >= 0.6 is 0 Å². The lowest BCUT2D eigenvalue weighted by molar-refractivity contribution is -0.412. The molecular weight excluding hydrogens is 1220 g/mol. The van der Waals surface area contributed by atoms with Crippen LogP contribution in [0.1, 0.15) is 16.7 Å². The van der Waals surface area contributed by atoms with Gasteiger partial charge in [-0.25, -0.2) is 14.4 Å². The number of hydrogen-bond donors (Lipinski definition) is 13. The van der Waals surface area contributed by atoms with Gasteiger partial charge < -0.3 is 147 Å². The van der Waals surface area contributed by atoms with Crippen molar-refractivity contribution in [1.29, 1.82) is 0 Å². The molecule has 4 aliphatic rings. The minimum atomic E-state index is -2.94. The molecule has 91 heavy (non-hydrogen) atoms. The Kier molecular flexibility index (Phi) is 24.9. The van der Waals surface area contributed by atoms with Crippen molar-refractivity contribution < 1.29 is 161 Å². The molecular formula is C58H74O33. The highest BCUT2D eigenvalue weighted by Crippen LogP contribution is 2.44. The number of phenolic OH excluding ortho intramolecular Hbond substituents is 2. The molecule has 3 aromatic rings. The van der Waals surface area contributed by atoms with Gasteiger partial charge in [0.05, 0.1) is 69.6 Å². The number of carbonyl (C=O) groups is 3. The molecule has 0 spiro atoms. The van der Waals surface area contributed by atoms with Crippen LogP contribution < -0.4 is 33.2 Å². The topological polar surface area (TPSA) is 471 Å². The number of ether oxygens (including phenoxy) is 17. The van der Waals surface area contributed by atoms with Gasteiger partial charge in [-0.15, -0.1) is 0 Å². The van der Waals surface area contributed by atoms with Gasteiger partial charge in [0.2, 0.25) is 23.0 Å². The molecule has 3 aromatic carbocycles. The molecule has 4 heterocycles. The van der Waals surface area contributed by atoms with Crippen LogP contribution in [0.4, 0.5) is 0 Å². The second-order valence-electron chi connectivity index (χ2n) is 20.5. The van der Waals surface area contributed by atoms with E-state index in [9.17, 15) is 80.8 Å². The second kappa shape index (κ2) is 31.9. The van der Waals surface area contributed by atoms with Crippen LogP contribution in [0.25, 0.3) is 18.2 Å². The van der Waals surface area contributed by atoms with Gasteiger partial charge in [-0.1, -0.05) is 0 Å². The average Bonchev–Trinajstić information content (AvgIpc) is 1.73. The molecule has 0 amide bonds. The van der Waals surface area contributed by atoms with Gasteiger partial charge in [-0.3, -0.25) is 0 Å². The summed E-state index contributed by atoms with van der Waals surface area (Å²) in [6.07, 6.45) is -30.4. The van der Waals surface area contributed by atoms with E-state index in [0.29, 0.717) is 0 Å². The van der Waals surface area contributed by atoms with Crippen molar-refractivity contribution in [2.24, 2.45) is 0 Å². The quantitative estimate of drug-likeness (QED) is 0.0200. The Morgan fingerprint density at radius 2 is 0.857 bits per heavy atom. The van der Waals surface area contributed by atoms with E-state index in [0.717, 1.165) is 18.2 Å². The van der Waals surface area contributed by atoms with Crippen LogP contribution in [-0.4, -0.2) is 283 Å². The smallest absolute Gasteiger partial charge is 0.331 e. The molecule has 0 radical (unpaired) electrons. The molecule has 4 aliphatic heterocycles. The number of carbonyl (C=O) groups excluding carboxylic acids is 3. The molecule has 0 aromatic heterocycles. The summed E-state index contributed by atoms with van der Waals surface area (Å²) in [7, 11) is 9.12. The van der Waals surface area contributed by atoms with E-state index in [1.807, 2.05) is 0 Å². The lowest BCUT2D eigenvalue weighted by Gasteiger charge is -2.49. The molecule has 4 fully saturated rings. The molecule has 19 atom stereocenters. The second-order valence-corrected chi connectivity index (χ2v) is 20.5. The third kappa shape index (κ3) is 16.0. The average molecular weight is 1300 g/mol. The Morgan fingerprint density at radius 3 is 1.32 bits per heavy atom. The zero-order valence-corrected chi connectivity index (χ0v) is 49.8. The summed E-state index contributed by atoms with van der Waals surface area (Å²) in [5.41, 5.74) is 0.753. The van der Waals surface area contributed by atoms with Crippen LogP contribution in [0.2, 0.25) is 0 Å². The minimum Gasteiger partial charge on any atom is -0.502 e. The highest BCUT2D eigenvalue weighted by molar-refractivity contribution is 5.89. The summed E-state index contributed by atoms with van der Waals surface area (Å²) in [4.78, 5) is 41.4. The lowest BCUT2D eigenvalue weighted by Crippen LogP contribution is -2.67.